The molecule has 1 amide bonds. The number of ether oxygens (including phenoxy) is 1. The van der Waals surface area contributed by atoms with Gasteiger partial charge in [-0.2, -0.15) is 5.10 Å². The Kier molecular flexibility index (Phi) is 7.12. The van der Waals surface area contributed by atoms with E-state index in [4.69, 9.17) is 4.74 Å². The molecule has 12 heteroatoms. The van der Waals surface area contributed by atoms with Crippen LogP contribution in [0, 0.1) is 5.92 Å². The van der Waals surface area contributed by atoms with E-state index < -0.39 is 17.4 Å². The Hall–Kier alpha value is -4.06. The summed E-state index contributed by atoms with van der Waals surface area (Å²) in [6.45, 7) is 10.8. The number of anilines is 2. The molecule has 0 radical (unpaired) electrons. The largest absolute Gasteiger partial charge is 0.444 e. The Balaban J connectivity index is 1.09. The number of alkyl halides is 2. The highest BCUT2D eigenvalue weighted by atomic mass is 19.3. The van der Waals surface area contributed by atoms with Crippen LogP contribution in [0.1, 0.15) is 45.7 Å². The molecule has 2 fully saturated rings. The lowest BCUT2D eigenvalue weighted by Crippen LogP contribution is -2.50. The number of pyridine rings is 1. The molecular formula is C30H36F2N8O2. The van der Waals surface area contributed by atoms with Crippen LogP contribution in [-0.4, -0.2) is 78.3 Å². The number of rotatable bonds is 7. The zero-order valence-corrected chi connectivity index (χ0v) is 24.3. The first-order valence-electron chi connectivity index (χ1n) is 14.3. The lowest BCUT2D eigenvalue weighted by molar-refractivity contribution is 0.0110. The van der Waals surface area contributed by atoms with Gasteiger partial charge in [0.15, 0.2) is 0 Å². The normalized spacial score (nSPS) is 19.6. The molecule has 0 bridgehead atoms. The molecule has 2 aliphatic rings. The van der Waals surface area contributed by atoms with Gasteiger partial charge in [0.2, 0.25) is 5.95 Å². The number of hydrogen-bond acceptors (Lipinski definition) is 7. The van der Waals surface area contributed by atoms with Crippen LogP contribution in [-0.2, 0) is 11.3 Å². The topological polar surface area (TPSA) is 104 Å². The minimum atomic E-state index is -2.56. The first-order valence-corrected chi connectivity index (χ1v) is 14.3. The van der Waals surface area contributed by atoms with E-state index in [0.29, 0.717) is 24.9 Å². The van der Waals surface area contributed by atoms with Crippen molar-refractivity contribution in [2.24, 2.45) is 5.92 Å². The summed E-state index contributed by atoms with van der Waals surface area (Å²) in [7, 11) is 0. The van der Waals surface area contributed by atoms with E-state index in [-0.39, 0.29) is 25.1 Å². The van der Waals surface area contributed by atoms with Crippen LogP contribution in [0.25, 0.3) is 22.2 Å². The average molecular weight is 579 g/mol. The van der Waals surface area contributed by atoms with Crippen LogP contribution >= 0.6 is 0 Å². The molecule has 10 nitrogen and oxygen atoms in total. The van der Waals surface area contributed by atoms with E-state index in [9.17, 15) is 13.6 Å². The molecule has 6 rings (SSSR count). The number of H-pyrrole nitrogens is 1. The fourth-order valence-corrected chi connectivity index (χ4v) is 5.28. The molecule has 1 aromatic carbocycles. The van der Waals surface area contributed by atoms with Gasteiger partial charge >= 0.3 is 6.09 Å². The number of amides is 1. The summed E-state index contributed by atoms with van der Waals surface area (Å²) in [4.78, 5) is 29.0. The smallest absolute Gasteiger partial charge is 0.410 e. The fourth-order valence-electron chi connectivity index (χ4n) is 5.28. The van der Waals surface area contributed by atoms with Crippen molar-refractivity contribution in [1.29, 1.82) is 0 Å². The van der Waals surface area contributed by atoms with Crippen molar-refractivity contribution in [1.82, 2.24) is 34.5 Å². The molecule has 222 valence electrons. The van der Waals surface area contributed by atoms with Crippen LogP contribution in [0.5, 0.6) is 0 Å². The summed E-state index contributed by atoms with van der Waals surface area (Å²) < 4.78 is 33.7. The molecule has 1 aliphatic heterocycles. The standard InChI is InChI=1S/C30H36F2N8O2/c1-19(38-9-11-39(12-10-38)28(41)42-29(2,3)4)20-7-8-33-26(14-20)37-27-35-24-6-5-21(13-25(24)36-27)22-16-34-40(17-22)18-23-15-30(23,31)32/h5-8,13-14,16-17,19,23H,9-12,15,18H2,1-4H3,(H2,33,35,36,37). The van der Waals surface area contributed by atoms with Gasteiger partial charge in [-0.3, -0.25) is 9.58 Å². The van der Waals surface area contributed by atoms with Gasteiger partial charge in [0.25, 0.3) is 5.92 Å². The maximum atomic E-state index is 13.3. The number of benzene rings is 1. The molecule has 2 atom stereocenters. The number of hydrogen-bond donors (Lipinski definition) is 2. The highest BCUT2D eigenvalue weighted by molar-refractivity contribution is 5.83. The van der Waals surface area contributed by atoms with Crippen molar-refractivity contribution < 1.29 is 18.3 Å². The number of aromatic nitrogens is 5. The van der Waals surface area contributed by atoms with Crippen molar-refractivity contribution >= 4 is 28.9 Å². The summed E-state index contributed by atoms with van der Waals surface area (Å²) in [5, 5.41) is 7.55. The van der Waals surface area contributed by atoms with E-state index in [2.05, 4.69) is 37.2 Å². The van der Waals surface area contributed by atoms with E-state index in [1.54, 1.807) is 28.2 Å². The molecule has 1 saturated heterocycles. The number of fused-ring (bicyclic) bond motifs is 1. The first-order chi connectivity index (χ1) is 19.9. The number of nitrogens with zero attached hydrogens (tertiary/aromatic N) is 6. The van der Waals surface area contributed by atoms with Gasteiger partial charge in [0.1, 0.15) is 11.4 Å². The van der Waals surface area contributed by atoms with Crippen molar-refractivity contribution in [2.45, 2.75) is 58.2 Å². The van der Waals surface area contributed by atoms with Gasteiger partial charge in [0.05, 0.1) is 17.2 Å². The molecule has 1 saturated carbocycles. The molecule has 42 heavy (non-hydrogen) atoms. The highest BCUT2D eigenvalue weighted by Gasteiger charge is 2.56. The molecule has 2 N–H and O–H groups in total. The lowest BCUT2D eigenvalue weighted by Gasteiger charge is -2.38. The summed E-state index contributed by atoms with van der Waals surface area (Å²) in [5.74, 6) is -1.95. The predicted octanol–water partition coefficient (Wildman–Crippen LogP) is 5.83. The number of carbonyl (C=O) groups is 1. The van der Waals surface area contributed by atoms with Crippen molar-refractivity contribution in [3.63, 3.8) is 0 Å². The lowest BCUT2D eigenvalue weighted by atomic mass is 10.1. The molecule has 2 unspecified atom stereocenters. The van der Waals surface area contributed by atoms with Crippen molar-refractivity contribution in [3.8, 4) is 11.1 Å². The second kappa shape index (κ2) is 10.6. The monoisotopic (exact) mass is 578 g/mol. The molecular weight excluding hydrogens is 542 g/mol. The van der Waals surface area contributed by atoms with Gasteiger partial charge in [-0.1, -0.05) is 6.07 Å². The summed E-state index contributed by atoms with van der Waals surface area (Å²) in [6, 6.07) is 10.0. The van der Waals surface area contributed by atoms with Crippen LogP contribution in [0.3, 0.4) is 0 Å². The Morgan fingerprint density at radius 2 is 1.93 bits per heavy atom. The Labute approximate surface area is 243 Å². The van der Waals surface area contributed by atoms with Gasteiger partial charge < -0.3 is 19.9 Å². The summed E-state index contributed by atoms with van der Waals surface area (Å²) >= 11 is 0. The number of aromatic amines is 1. The van der Waals surface area contributed by atoms with Gasteiger partial charge in [-0.25, -0.2) is 23.5 Å². The van der Waals surface area contributed by atoms with Gasteiger partial charge in [-0.15, -0.1) is 0 Å². The Bertz CT molecular complexity index is 1590. The fraction of sp³-hybridized carbons (Fsp3) is 0.467. The highest BCUT2D eigenvalue weighted by Crippen LogP contribution is 2.49. The summed E-state index contributed by atoms with van der Waals surface area (Å²) in [5.41, 5.74) is 4.02. The van der Waals surface area contributed by atoms with E-state index in [0.717, 1.165) is 40.8 Å². The Morgan fingerprint density at radius 1 is 1.17 bits per heavy atom. The van der Waals surface area contributed by atoms with Crippen LogP contribution in [0.4, 0.5) is 25.3 Å². The number of nitrogens with one attached hydrogen (secondary N) is 2. The van der Waals surface area contributed by atoms with E-state index >= 15 is 0 Å². The van der Waals surface area contributed by atoms with Crippen LogP contribution < -0.4 is 5.32 Å². The van der Waals surface area contributed by atoms with E-state index in [1.807, 2.05) is 51.1 Å². The number of halogens is 2. The Morgan fingerprint density at radius 3 is 2.64 bits per heavy atom. The summed E-state index contributed by atoms with van der Waals surface area (Å²) in [6.07, 6.45) is 4.95. The molecule has 1 aliphatic carbocycles. The second-order valence-corrected chi connectivity index (χ2v) is 12.2. The average Bonchev–Trinajstić information content (AvgIpc) is 3.27. The number of piperazine rings is 1. The van der Waals surface area contributed by atoms with Crippen LogP contribution in [0.2, 0.25) is 0 Å². The van der Waals surface area contributed by atoms with Gasteiger partial charge in [0, 0.05) is 69.1 Å². The van der Waals surface area contributed by atoms with Crippen LogP contribution in [0.15, 0.2) is 48.9 Å². The van der Waals surface area contributed by atoms with Crippen molar-refractivity contribution in [3.05, 3.63) is 54.5 Å². The maximum Gasteiger partial charge on any atom is 0.410 e. The maximum absolute atomic E-state index is 13.3. The third-order valence-electron chi connectivity index (χ3n) is 7.84. The molecule has 4 aromatic rings. The first kappa shape index (κ1) is 28.1. The third kappa shape index (κ3) is 6.23. The minimum absolute atomic E-state index is 0.0679. The SMILES string of the molecule is CC(c1ccnc(Nc2nc3ccc(-c4cnn(CC5CC5(F)F)c4)cc3[nH]2)c1)N1CCN(C(=O)OC(C)(C)C)CC1. The van der Waals surface area contributed by atoms with Gasteiger partial charge in [-0.05, 0) is 63.1 Å². The second-order valence-electron chi connectivity index (χ2n) is 12.2. The third-order valence-corrected chi connectivity index (χ3v) is 7.84. The van der Waals surface area contributed by atoms with E-state index in [1.165, 1.54) is 0 Å². The quantitative estimate of drug-likeness (QED) is 0.284. The zero-order chi connectivity index (χ0) is 29.6. The zero-order valence-electron chi connectivity index (χ0n) is 24.3. The van der Waals surface area contributed by atoms with Crippen molar-refractivity contribution in [2.75, 3.05) is 31.5 Å². The minimum Gasteiger partial charge on any atom is -0.444 e. The molecule has 3 aromatic heterocycles. The number of carbonyl (C=O) groups excluding carboxylic acids is 1. The number of imidazole rings is 1. The predicted molar refractivity (Wildman–Crippen MR) is 156 cm³/mol. The molecule has 0 spiro atoms. The molecule has 4 heterocycles.